The van der Waals surface area contributed by atoms with Gasteiger partial charge in [-0.05, 0) is 51.1 Å². The molecule has 2 aromatic carbocycles. The molecule has 0 saturated heterocycles. The number of esters is 1. The molecule has 2 rings (SSSR count). The fourth-order valence-electron chi connectivity index (χ4n) is 2.33. The normalized spacial score (nSPS) is 11.4. The molecule has 0 aliphatic rings. The molecule has 0 aliphatic carbocycles. The topological polar surface area (TPSA) is 64.6 Å². The number of hydrogen-bond donors (Lipinski definition) is 1. The van der Waals surface area contributed by atoms with Crippen LogP contribution in [0.3, 0.4) is 0 Å². The Labute approximate surface area is 154 Å². The zero-order valence-electron chi connectivity index (χ0n) is 15.2. The molecule has 136 valence electrons. The van der Waals surface area contributed by atoms with Crippen LogP contribution in [0.5, 0.6) is 5.75 Å². The summed E-state index contributed by atoms with van der Waals surface area (Å²) in [6, 6.07) is 17.4. The number of ether oxygens (including phenoxy) is 2. The summed E-state index contributed by atoms with van der Waals surface area (Å²) in [6.45, 7) is 5.83. The first-order chi connectivity index (χ1) is 12.5. The number of nitrogens with one attached hydrogen (secondary N) is 1. The minimum atomic E-state index is -0.802. The van der Waals surface area contributed by atoms with Gasteiger partial charge in [0.05, 0.1) is 12.7 Å². The molecule has 1 atom stereocenters. The molecule has 0 aromatic heterocycles. The summed E-state index contributed by atoms with van der Waals surface area (Å²) in [4.78, 5) is 24.6. The van der Waals surface area contributed by atoms with Crippen LogP contribution in [-0.4, -0.2) is 30.6 Å². The Kier molecular flexibility index (Phi) is 7.04. The first kappa shape index (κ1) is 19.3. The molecule has 26 heavy (non-hydrogen) atoms. The summed E-state index contributed by atoms with van der Waals surface area (Å²) < 4.78 is 10.6. The van der Waals surface area contributed by atoms with Gasteiger partial charge in [0, 0.05) is 17.5 Å². The van der Waals surface area contributed by atoms with Gasteiger partial charge in [0.1, 0.15) is 6.04 Å². The van der Waals surface area contributed by atoms with E-state index in [9.17, 15) is 9.59 Å². The third-order valence-corrected chi connectivity index (χ3v) is 3.48. The molecule has 5 heteroatoms. The van der Waals surface area contributed by atoms with Gasteiger partial charge in [-0.15, -0.1) is 0 Å². The lowest BCUT2D eigenvalue weighted by molar-refractivity contribution is -0.145. The monoisotopic (exact) mass is 353 g/mol. The fourth-order valence-corrected chi connectivity index (χ4v) is 2.33. The molecule has 0 aliphatic heterocycles. The van der Waals surface area contributed by atoms with Crippen molar-refractivity contribution in [2.75, 3.05) is 6.61 Å². The maximum absolute atomic E-state index is 12.4. The van der Waals surface area contributed by atoms with Gasteiger partial charge in [-0.2, -0.15) is 0 Å². The van der Waals surface area contributed by atoms with Crippen LogP contribution in [0.4, 0.5) is 0 Å². The second kappa shape index (κ2) is 9.47. The number of benzene rings is 1. The predicted molar refractivity (Wildman–Crippen MR) is 97.9 cm³/mol. The Morgan fingerprint density at radius 1 is 1.08 bits per heavy atom. The van der Waals surface area contributed by atoms with Crippen molar-refractivity contribution in [3.8, 4) is 5.75 Å². The first-order valence-corrected chi connectivity index (χ1v) is 8.61. The molecule has 5 nitrogen and oxygen atoms in total. The number of amides is 1. The van der Waals surface area contributed by atoms with Gasteiger partial charge in [-0.1, -0.05) is 24.3 Å². The van der Waals surface area contributed by atoms with Crippen molar-refractivity contribution in [3.05, 3.63) is 65.7 Å². The van der Waals surface area contributed by atoms with Crippen molar-refractivity contribution in [1.82, 2.24) is 5.32 Å². The van der Waals surface area contributed by atoms with Crippen molar-refractivity contribution < 1.29 is 19.1 Å². The summed E-state index contributed by atoms with van der Waals surface area (Å²) in [5.74, 6) is -0.218. The van der Waals surface area contributed by atoms with Crippen LogP contribution < -0.4 is 10.1 Å². The van der Waals surface area contributed by atoms with Crippen LogP contribution >= 0.6 is 0 Å². The molecule has 1 unspecified atom stereocenters. The smallest absolute Gasteiger partial charge is 0.329 e. The lowest BCUT2D eigenvalue weighted by Crippen LogP contribution is -2.43. The fraction of sp³-hybridized carbons (Fsp3) is 0.333. The highest BCUT2D eigenvalue weighted by atomic mass is 16.5. The molecule has 0 bridgehead atoms. The van der Waals surface area contributed by atoms with E-state index in [0.717, 1.165) is 5.56 Å². The minimum Gasteiger partial charge on any atom is -0.483 e. The first-order valence-electron chi connectivity index (χ1n) is 8.61. The van der Waals surface area contributed by atoms with Gasteiger partial charge in [-0.25, -0.2) is 4.79 Å². The molecule has 2 aromatic rings. The van der Waals surface area contributed by atoms with E-state index in [4.69, 9.17) is 9.47 Å². The Hall–Kier alpha value is -3.00. The standard InChI is InChI=1S/C21H23NO4/c1-4-25-21(24)19(22-20(23)17-8-6-5-7-9-17)14-16-10-12-18(13-11-16)26-15(2)3/h5-10,12,15,19H,4,14H2,1-3H3,(H,22,23). The maximum Gasteiger partial charge on any atom is 0.329 e. The molecule has 0 fully saturated rings. The van der Waals surface area contributed by atoms with Crippen LogP contribution in [0.25, 0.3) is 0 Å². The number of hydrogen-bond acceptors (Lipinski definition) is 4. The molecular formula is C21H23NO4. The predicted octanol–water partition coefficient (Wildman–Crippen LogP) is 2.98. The Morgan fingerprint density at radius 3 is 2.38 bits per heavy atom. The molecule has 0 saturated carbocycles. The highest BCUT2D eigenvalue weighted by Gasteiger charge is 2.23. The molecule has 0 radical (unpaired) electrons. The average Bonchev–Trinajstić information content (AvgIpc) is 2.63. The van der Waals surface area contributed by atoms with Crippen molar-refractivity contribution in [1.29, 1.82) is 0 Å². The summed E-state index contributed by atoms with van der Waals surface area (Å²) >= 11 is 0. The van der Waals surface area contributed by atoms with Crippen molar-refractivity contribution in [2.45, 2.75) is 39.3 Å². The van der Waals surface area contributed by atoms with Crippen LogP contribution in [0, 0.1) is 12.1 Å². The third-order valence-electron chi connectivity index (χ3n) is 3.48. The van der Waals surface area contributed by atoms with Crippen molar-refractivity contribution in [3.63, 3.8) is 0 Å². The summed E-state index contributed by atoms with van der Waals surface area (Å²) in [6.07, 6.45) is 0.304. The molecule has 1 N–H and O–H groups in total. The molecule has 0 spiro atoms. The Bertz CT molecular complexity index is 711. The zero-order valence-corrected chi connectivity index (χ0v) is 15.2. The third kappa shape index (κ3) is 5.82. The van der Waals surface area contributed by atoms with E-state index < -0.39 is 12.0 Å². The maximum atomic E-state index is 12.4. The highest BCUT2D eigenvalue weighted by Crippen LogP contribution is 2.11. The van der Waals surface area contributed by atoms with Gasteiger partial charge in [0.15, 0.2) is 5.75 Å². The van der Waals surface area contributed by atoms with Gasteiger partial charge in [0.2, 0.25) is 0 Å². The van der Waals surface area contributed by atoms with Crippen molar-refractivity contribution in [2.24, 2.45) is 0 Å². The molecule has 1 amide bonds. The van der Waals surface area contributed by atoms with Gasteiger partial charge >= 0.3 is 5.97 Å². The van der Waals surface area contributed by atoms with E-state index >= 15 is 0 Å². The zero-order chi connectivity index (χ0) is 18.9. The van der Waals surface area contributed by atoms with E-state index in [2.05, 4.69) is 17.4 Å². The second-order valence-electron chi connectivity index (χ2n) is 5.99. The number of rotatable bonds is 8. The minimum absolute atomic E-state index is 0.0444. The second-order valence-corrected chi connectivity index (χ2v) is 5.99. The van der Waals surface area contributed by atoms with Gasteiger partial charge in [0.25, 0.3) is 5.91 Å². The quantitative estimate of drug-likeness (QED) is 0.741. The van der Waals surface area contributed by atoms with E-state index in [1.165, 1.54) is 0 Å². The van der Waals surface area contributed by atoms with Crippen LogP contribution in [0.1, 0.15) is 36.7 Å². The SMILES string of the molecule is CCOC(=O)C(Cc1c#cc(OC(C)C)cc1)NC(=O)c1ccccc1. The Balaban J connectivity index is 2.09. The van der Waals surface area contributed by atoms with E-state index in [1.807, 2.05) is 19.9 Å². The molecular weight excluding hydrogens is 330 g/mol. The Morgan fingerprint density at radius 2 is 1.81 bits per heavy atom. The summed E-state index contributed by atoms with van der Waals surface area (Å²) in [7, 11) is 0. The van der Waals surface area contributed by atoms with Gasteiger partial charge < -0.3 is 14.8 Å². The molecule has 0 heterocycles. The number of carbonyl (C=O) groups is 2. The lowest BCUT2D eigenvalue weighted by atomic mass is 10.1. The average molecular weight is 353 g/mol. The van der Waals surface area contributed by atoms with Crippen LogP contribution in [0.2, 0.25) is 0 Å². The van der Waals surface area contributed by atoms with E-state index in [1.54, 1.807) is 43.3 Å². The van der Waals surface area contributed by atoms with E-state index in [0.29, 0.717) is 11.3 Å². The summed E-state index contributed by atoms with van der Waals surface area (Å²) in [5.41, 5.74) is 1.21. The summed E-state index contributed by atoms with van der Waals surface area (Å²) in [5, 5.41) is 2.73. The lowest BCUT2D eigenvalue weighted by Gasteiger charge is -2.17. The van der Waals surface area contributed by atoms with E-state index in [-0.39, 0.29) is 25.0 Å². The number of carbonyl (C=O) groups excluding carboxylic acids is 2. The largest absolute Gasteiger partial charge is 0.483 e. The van der Waals surface area contributed by atoms with Crippen molar-refractivity contribution >= 4 is 11.9 Å². The van der Waals surface area contributed by atoms with Crippen LogP contribution in [-0.2, 0) is 16.0 Å². The van der Waals surface area contributed by atoms with Crippen LogP contribution in [0.15, 0.2) is 42.5 Å². The van der Waals surface area contributed by atoms with Gasteiger partial charge in [-0.3, -0.25) is 4.79 Å². The highest BCUT2D eigenvalue weighted by molar-refractivity contribution is 5.96.